The van der Waals surface area contributed by atoms with Crippen LogP contribution in [0.1, 0.15) is 40.0 Å². The third-order valence-corrected chi connectivity index (χ3v) is 10.2. The van der Waals surface area contributed by atoms with E-state index in [2.05, 4.69) is 81.4 Å². The molecule has 2 aromatic rings. The number of benzene rings is 2. The molecule has 3 rings (SSSR count). The van der Waals surface area contributed by atoms with Crippen LogP contribution in [0.25, 0.3) is 0 Å². The zero-order chi connectivity index (χ0) is 17.3. The van der Waals surface area contributed by atoms with Gasteiger partial charge >= 0.3 is 0 Å². The van der Waals surface area contributed by atoms with Gasteiger partial charge in [-0.15, -0.1) is 0 Å². The Morgan fingerprint density at radius 3 is 1.71 bits per heavy atom. The Hall–Kier alpha value is -1.42. The molecule has 0 spiro atoms. The lowest BCUT2D eigenvalue weighted by Gasteiger charge is -2.46. The minimum absolute atomic E-state index is 0.0319. The molecule has 3 heteroatoms. The van der Waals surface area contributed by atoms with E-state index >= 15 is 0 Å². The average Bonchev–Trinajstić information content (AvgIpc) is 2.54. The smallest absolute Gasteiger partial charge is 0.261 e. The second-order valence-corrected chi connectivity index (χ2v) is 12.3. The van der Waals surface area contributed by atoms with Crippen LogP contribution in [-0.2, 0) is 4.43 Å². The van der Waals surface area contributed by atoms with Crippen molar-refractivity contribution in [3.63, 3.8) is 0 Å². The third kappa shape index (κ3) is 3.08. The molecule has 0 aromatic heterocycles. The zero-order valence-corrected chi connectivity index (χ0v) is 16.0. The summed E-state index contributed by atoms with van der Waals surface area (Å²) in [5.74, 6) is 0. The summed E-state index contributed by atoms with van der Waals surface area (Å²) in [6.45, 7) is 7.23. The Bertz CT molecular complexity index is 618. The van der Waals surface area contributed by atoms with Crippen molar-refractivity contribution in [3.05, 3.63) is 60.7 Å². The molecule has 0 radical (unpaired) electrons. The molecule has 0 aliphatic heterocycles. The van der Waals surface area contributed by atoms with E-state index in [0.717, 1.165) is 19.3 Å². The van der Waals surface area contributed by atoms with Crippen LogP contribution < -0.4 is 10.4 Å². The molecule has 1 N–H and O–H groups in total. The van der Waals surface area contributed by atoms with Crippen molar-refractivity contribution in [2.24, 2.45) is 0 Å². The van der Waals surface area contributed by atoms with Gasteiger partial charge < -0.3 is 9.53 Å². The van der Waals surface area contributed by atoms with Gasteiger partial charge in [0, 0.05) is 0 Å². The van der Waals surface area contributed by atoms with Crippen LogP contribution in [0, 0.1) is 0 Å². The fourth-order valence-corrected chi connectivity index (χ4v) is 8.37. The number of hydrogen-bond acceptors (Lipinski definition) is 2. The standard InChI is InChI=1S/C21H28O2Si/c1-20(2,3)24(18-11-6-4-7-12-18,19-13-8-5-9-14-19)23-17-21(22)15-10-16-21/h4-9,11-14,22H,10,15-17H2,1-3H3. The van der Waals surface area contributed by atoms with Crippen LogP contribution in [0.4, 0.5) is 0 Å². The molecule has 0 saturated heterocycles. The fraction of sp³-hybridized carbons (Fsp3) is 0.429. The fourth-order valence-electron chi connectivity index (χ4n) is 3.73. The van der Waals surface area contributed by atoms with E-state index in [1.165, 1.54) is 10.4 Å². The molecule has 24 heavy (non-hydrogen) atoms. The second kappa shape index (κ2) is 6.47. The molecule has 0 atom stereocenters. The van der Waals surface area contributed by atoms with Gasteiger partial charge in [0.2, 0.25) is 0 Å². The van der Waals surface area contributed by atoms with E-state index in [0.29, 0.717) is 6.61 Å². The van der Waals surface area contributed by atoms with E-state index in [9.17, 15) is 5.11 Å². The van der Waals surface area contributed by atoms with Gasteiger partial charge in [-0.3, -0.25) is 0 Å². The minimum Gasteiger partial charge on any atom is -0.404 e. The van der Waals surface area contributed by atoms with Crippen LogP contribution in [0.5, 0.6) is 0 Å². The molecule has 0 bridgehead atoms. The topological polar surface area (TPSA) is 29.5 Å². The largest absolute Gasteiger partial charge is 0.404 e. The van der Waals surface area contributed by atoms with Gasteiger partial charge in [0.15, 0.2) is 0 Å². The highest BCUT2D eigenvalue weighted by atomic mass is 28.4. The predicted molar refractivity (Wildman–Crippen MR) is 102 cm³/mol. The summed E-state index contributed by atoms with van der Waals surface area (Å²) >= 11 is 0. The molecular formula is C21H28O2Si. The SMILES string of the molecule is CC(C)(C)[Si](OCC1(O)CCC1)(c1ccccc1)c1ccccc1. The molecule has 1 aliphatic carbocycles. The van der Waals surface area contributed by atoms with E-state index in [1.807, 2.05) is 0 Å². The summed E-state index contributed by atoms with van der Waals surface area (Å²) in [6.07, 6.45) is 2.80. The van der Waals surface area contributed by atoms with Gasteiger partial charge in [-0.05, 0) is 34.7 Å². The Kier molecular flexibility index (Phi) is 4.69. The van der Waals surface area contributed by atoms with E-state index in [1.54, 1.807) is 0 Å². The Labute approximate surface area is 146 Å². The first-order chi connectivity index (χ1) is 11.4. The molecule has 0 amide bonds. The van der Waals surface area contributed by atoms with Gasteiger partial charge in [-0.25, -0.2) is 0 Å². The van der Waals surface area contributed by atoms with Crippen molar-refractivity contribution in [2.75, 3.05) is 6.61 Å². The predicted octanol–water partition coefficient (Wildman–Crippen LogP) is 3.48. The first-order valence-corrected chi connectivity index (χ1v) is 10.8. The molecule has 2 aromatic carbocycles. The van der Waals surface area contributed by atoms with Crippen molar-refractivity contribution < 1.29 is 9.53 Å². The lowest BCUT2D eigenvalue weighted by Crippen LogP contribution is -2.68. The van der Waals surface area contributed by atoms with Gasteiger partial charge in [0.1, 0.15) is 0 Å². The monoisotopic (exact) mass is 340 g/mol. The highest BCUT2D eigenvalue weighted by molar-refractivity contribution is 6.99. The van der Waals surface area contributed by atoms with Crippen LogP contribution >= 0.6 is 0 Å². The van der Waals surface area contributed by atoms with E-state index in [4.69, 9.17) is 4.43 Å². The van der Waals surface area contributed by atoms with Gasteiger partial charge in [0.05, 0.1) is 12.2 Å². The first-order valence-electron chi connectivity index (χ1n) is 8.85. The van der Waals surface area contributed by atoms with Gasteiger partial charge in [-0.2, -0.15) is 0 Å². The van der Waals surface area contributed by atoms with Crippen LogP contribution in [-0.4, -0.2) is 25.6 Å². The van der Waals surface area contributed by atoms with Crippen molar-refractivity contribution in [1.29, 1.82) is 0 Å². The van der Waals surface area contributed by atoms with Crippen molar-refractivity contribution in [3.8, 4) is 0 Å². The Balaban J connectivity index is 2.10. The lowest BCUT2D eigenvalue weighted by molar-refractivity contribution is -0.0688. The maximum Gasteiger partial charge on any atom is 0.261 e. The average molecular weight is 341 g/mol. The quantitative estimate of drug-likeness (QED) is 0.845. The highest BCUT2D eigenvalue weighted by Crippen LogP contribution is 2.39. The molecule has 0 unspecified atom stereocenters. The summed E-state index contributed by atoms with van der Waals surface area (Å²) in [5.41, 5.74) is -0.632. The molecule has 1 fully saturated rings. The first kappa shape index (κ1) is 17.4. The number of rotatable bonds is 5. The maximum absolute atomic E-state index is 10.6. The van der Waals surface area contributed by atoms with E-state index in [-0.39, 0.29) is 5.04 Å². The third-order valence-electron chi connectivity index (χ3n) is 5.26. The maximum atomic E-state index is 10.6. The zero-order valence-electron chi connectivity index (χ0n) is 15.0. The molecule has 1 aliphatic rings. The Morgan fingerprint density at radius 2 is 1.38 bits per heavy atom. The van der Waals surface area contributed by atoms with Crippen LogP contribution in [0.3, 0.4) is 0 Å². The van der Waals surface area contributed by atoms with Gasteiger partial charge in [-0.1, -0.05) is 81.4 Å². The molecule has 1 saturated carbocycles. The van der Waals surface area contributed by atoms with Crippen molar-refractivity contribution >= 4 is 18.7 Å². The van der Waals surface area contributed by atoms with Crippen molar-refractivity contribution in [1.82, 2.24) is 0 Å². The normalized spacial score (nSPS) is 17.3. The summed E-state index contributed by atoms with van der Waals surface area (Å²) in [5, 5.41) is 13.1. The van der Waals surface area contributed by atoms with E-state index < -0.39 is 13.9 Å². The van der Waals surface area contributed by atoms with Crippen molar-refractivity contribution in [2.45, 2.75) is 50.7 Å². The van der Waals surface area contributed by atoms with Crippen LogP contribution in [0.2, 0.25) is 5.04 Å². The second-order valence-electron chi connectivity index (χ2n) is 8.03. The molecular weight excluding hydrogens is 312 g/mol. The molecule has 128 valence electrons. The molecule has 2 nitrogen and oxygen atoms in total. The summed E-state index contributed by atoms with van der Waals surface area (Å²) in [6, 6.07) is 21.2. The minimum atomic E-state index is -2.50. The Morgan fingerprint density at radius 1 is 0.917 bits per heavy atom. The highest BCUT2D eigenvalue weighted by Gasteiger charge is 2.51. The summed E-state index contributed by atoms with van der Waals surface area (Å²) in [7, 11) is -2.50. The van der Waals surface area contributed by atoms with Gasteiger partial charge in [0.25, 0.3) is 8.32 Å². The molecule has 0 heterocycles. The summed E-state index contributed by atoms with van der Waals surface area (Å²) < 4.78 is 6.76. The summed E-state index contributed by atoms with van der Waals surface area (Å²) in [4.78, 5) is 0. The number of aliphatic hydroxyl groups is 1. The number of hydrogen-bond donors (Lipinski definition) is 1. The van der Waals surface area contributed by atoms with Crippen LogP contribution in [0.15, 0.2) is 60.7 Å². The lowest BCUT2D eigenvalue weighted by atomic mass is 9.81.